The van der Waals surface area contributed by atoms with Crippen LogP contribution in [0.3, 0.4) is 0 Å². The van der Waals surface area contributed by atoms with Crippen molar-refractivity contribution in [2.24, 2.45) is 0 Å². The third-order valence-corrected chi connectivity index (χ3v) is 0.450. The predicted molar refractivity (Wildman–Crippen MR) is 33.7 cm³/mol. The quantitative estimate of drug-likeness (QED) is 0.484. The Kier molecular flexibility index (Phi) is 8.45. The Hall–Kier alpha value is -1.01. The Bertz CT molecular complexity index is 129. The summed E-state index contributed by atoms with van der Waals surface area (Å²) in [4.78, 5) is 10.1. The maximum Gasteiger partial charge on any atom is 0.168 e. The molecule has 0 heterocycles. The van der Waals surface area contributed by atoms with Crippen LogP contribution in [0, 0.1) is 12.0 Å². The van der Waals surface area contributed by atoms with Crippen LogP contribution in [-0.2, 0) is 9.53 Å². The molecule has 0 aromatic heterocycles. The molecule has 0 spiro atoms. The van der Waals surface area contributed by atoms with Crippen molar-refractivity contribution in [1.29, 1.82) is 0 Å². The molecule has 3 nitrogen and oxygen atoms in total. The molecule has 0 atom stereocenters. The van der Waals surface area contributed by atoms with Gasteiger partial charge in [-0.25, -0.2) is 0 Å². The number of hydrogen-bond donors (Lipinski definition) is 0. The highest BCUT2D eigenvalue weighted by Crippen LogP contribution is 1.70. The zero-order chi connectivity index (χ0) is 6.41. The van der Waals surface area contributed by atoms with Gasteiger partial charge in [0, 0.05) is 6.92 Å². The highest BCUT2D eigenvalue weighted by Gasteiger charge is 1.86. The van der Waals surface area contributed by atoms with Gasteiger partial charge in [-0.1, -0.05) is 5.92 Å². The molecule has 52 valence electrons. The summed E-state index contributed by atoms with van der Waals surface area (Å²) in [5.74, 6) is 2.49. The van der Waals surface area contributed by atoms with E-state index in [0.717, 1.165) is 0 Å². The Morgan fingerprint density at radius 2 is 2.22 bits per heavy atom. The summed E-state index contributed by atoms with van der Waals surface area (Å²) in [6.45, 7) is 3.21. The van der Waals surface area contributed by atoms with E-state index in [1.54, 1.807) is 6.92 Å². The summed E-state index contributed by atoms with van der Waals surface area (Å²) in [6.07, 6.45) is 2.31. The Balaban J connectivity index is 0. The lowest BCUT2D eigenvalue weighted by Gasteiger charge is -1.87. The van der Waals surface area contributed by atoms with Gasteiger partial charge in [0.15, 0.2) is 12.4 Å². The summed E-state index contributed by atoms with van der Waals surface area (Å²) < 4.78 is 4.53. The van der Waals surface area contributed by atoms with E-state index in [9.17, 15) is 4.79 Å². The SMILES string of the molecule is CC#COCC(C)=O.O. The molecule has 0 aliphatic heterocycles. The van der Waals surface area contributed by atoms with Gasteiger partial charge in [0.1, 0.15) is 6.11 Å². The average molecular weight is 130 g/mol. The van der Waals surface area contributed by atoms with E-state index in [0.29, 0.717) is 0 Å². The van der Waals surface area contributed by atoms with Crippen LogP contribution in [0.1, 0.15) is 13.8 Å². The minimum absolute atomic E-state index is 0. The fourth-order valence-corrected chi connectivity index (χ4v) is 0.210. The molecule has 2 N–H and O–H groups in total. The van der Waals surface area contributed by atoms with E-state index in [1.165, 1.54) is 6.92 Å². The molecule has 0 radical (unpaired) electrons. The van der Waals surface area contributed by atoms with E-state index in [1.807, 2.05) is 0 Å². The van der Waals surface area contributed by atoms with Crippen molar-refractivity contribution in [1.82, 2.24) is 0 Å². The average Bonchev–Trinajstić information content (AvgIpc) is 1.66. The number of ketones is 1. The maximum atomic E-state index is 10.1. The lowest BCUT2D eigenvalue weighted by molar-refractivity contribution is -0.119. The first-order chi connectivity index (χ1) is 3.77. The van der Waals surface area contributed by atoms with E-state index in [2.05, 4.69) is 16.8 Å². The van der Waals surface area contributed by atoms with Crippen LogP contribution in [0.4, 0.5) is 0 Å². The number of carbonyl (C=O) groups is 1. The maximum absolute atomic E-state index is 10.1. The van der Waals surface area contributed by atoms with Gasteiger partial charge in [-0.3, -0.25) is 4.79 Å². The van der Waals surface area contributed by atoms with E-state index in [4.69, 9.17) is 0 Å². The van der Waals surface area contributed by atoms with Gasteiger partial charge < -0.3 is 10.2 Å². The Morgan fingerprint density at radius 3 is 2.56 bits per heavy atom. The van der Waals surface area contributed by atoms with Crippen LogP contribution in [0.5, 0.6) is 0 Å². The van der Waals surface area contributed by atoms with Crippen LogP contribution in [-0.4, -0.2) is 17.9 Å². The number of carbonyl (C=O) groups excluding carboxylic acids is 1. The van der Waals surface area contributed by atoms with Gasteiger partial charge in [-0.15, -0.1) is 0 Å². The van der Waals surface area contributed by atoms with Crippen molar-refractivity contribution in [2.45, 2.75) is 13.8 Å². The fraction of sp³-hybridized carbons (Fsp3) is 0.500. The second-order valence-corrected chi connectivity index (χ2v) is 1.34. The van der Waals surface area contributed by atoms with Gasteiger partial charge in [-0.05, 0) is 6.92 Å². The van der Waals surface area contributed by atoms with Crippen LogP contribution < -0.4 is 0 Å². The molecule has 0 amide bonds. The molecule has 0 unspecified atom stereocenters. The van der Waals surface area contributed by atoms with Crippen molar-refractivity contribution in [3.05, 3.63) is 0 Å². The number of hydrogen-bond acceptors (Lipinski definition) is 2. The largest absolute Gasteiger partial charge is 0.439 e. The highest BCUT2D eigenvalue weighted by molar-refractivity contribution is 5.76. The fourth-order valence-electron chi connectivity index (χ4n) is 0.210. The zero-order valence-electron chi connectivity index (χ0n) is 5.52. The van der Waals surface area contributed by atoms with Gasteiger partial charge in [-0.2, -0.15) is 0 Å². The van der Waals surface area contributed by atoms with Crippen molar-refractivity contribution in [3.63, 3.8) is 0 Å². The predicted octanol–water partition coefficient (Wildman–Crippen LogP) is -0.252. The van der Waals surface area contributed by atoms with E-state index in [-0.39, 0.29) is 17.9 Å². The second-order valence-electron chi connectivity index (χ2n) is 1.34. The number of ether oxygens (including phenoxy) is 1. The summed E-state index contributed by atoms with van der Waals surface area (Å²) in [5.41, 5.74) is 0. The van der Waals surface area contributed by atoms with Crippen LogP contribution >= 0.6 is 0 Å². The van der Waals surface area contributed by atoms with Gasteiger partial charge >= 0.3 is 0 Å². The summed E-state index contributed by atoms with van der Waals surface area (Å²) in [5, 5.41) is 0. The van der Waals surface area contributed by atoms with Gasteiger partial charge in [0.25, 0.3) is 0 Å². The lowest BCUT2D eigenvalue weighted by atomic mass is 10.5. The molecule has 3 heteroatoms. The topological polar surface area (TPSA) is 57.8 Å². The van der Waals surface area contributed by atoms with Crippen molar-refractivity contribution in [2.75, 3.05) is 6.61 Å². The first-order valence-electron chi connectivity index (χ1n) is 2.30. The van der Waals surface area contributed by atoms with Gasteiger partial charge in [0.05, 0.1) is 0 Å². The lowest BCUT2D eigenvalue weighted by Crippen LogP contribution is -1.98. The van der Waals surface area contributed by atoms with Gasteiger partial charge in [0.2, 0.25) is 0 Å². The zero-order valence-corrected chi connectivity index (χ0v) is 5.52. The minimum atomic E-state index is -0.00671. The summed E-state index contributed by atoms with van der Waals surface area (Å²) in [6, 6.07) is 0. The molecule has 0 aromatic rings. The first-order valence-corrected chi connectivity index (χ1v) is 2.30. The molecule has 0 saturated carbocycles. The minimum Gasteiger partial charge on any atom is -0.439 e. The first kappa shape index (κ1) is 10.9. The molecule has 0 aliphatic rings. The highest BCUT2D eigenvalue weighted by atomic mass is 16.5. The third kappa shape index (κ3) is 10.9. The molecule has 9 heavy (non-hydrogen) atoms. The van der Waals surface area contributed by atoms with Crippen LogP contribution in [0.2, 0.25) is 0 Å². The summed E-state index contributed by atoms with van der Waals surface area (Å²) in [7, 11) is 0. The van der Waals surface area contributed by atoms with Crippen molar-refractivity contribution in [3.8, 4) is 12.0 Å². The normalized spacial score (nSPS) is 6.00. The Morgan fingerprint density at radius 1 is 1.67 bits per heavy atom. The molecule has 0 saturated heterocycles. The van der Waals surface area contributed by atoms with E-state index >= 15 is 0 Å². The van der Waals surface area contributed by atoms with Crippen molar-refractivity contribution < 1.29 is 15.0 Å². The molecule has 0 fully saturated rings. The molecule has 0 rings (SSSR count). The van der Waals surface area contributed by atoms with Crippen LogP contribution in [0.25, 0.3) is 0 Å². The van der Waals surface area contributed by atoms with Crippen molar-refractivity contribution >= 4 is 5.78 Å². The number of Topliss-reactive ketones (excluding diaryl/α,β-unsaturated/α-hetero) is 1. The standard InChI is InChI=1S/C6H8O2.H2O/c1-3-4-8-5-6(2)7;/h5H2,1-2H3;1H2. The number of rotatable bonds is 2. The van der Waals surface area contributed by atoms with E-state index < -0.39 is 0 Å². The molecule has 0 aromatic carbocycles. The smallest absolute Gasteiger partial charge is 0.168 e. The molecule has 0 aliphatic carbocycles. The van der Waals surface area contributed by atoms with Crippen LogP contribution in [0.15, 0.2) is 0 Å². The molecular formula is C6H10O3. The monoisotopic (exact) mass is 130 g/mol. The second kappa shape index (κ2) is 6.99. The Labute approximate surface area is 54.3 Å². The summed E-state index contributed by atoms with van der Waals surface area (Å²) >= 11 is 0. The third-order valence-electron chi connectivity index (χ3n) is 0.450. The molecular weight excluding hydrogens is 120 g/mol. The molecule has 0 bridgehead atoms.